The molecule has 0 saturated carbocycles. The maximum Gasteiger partial charge on any atom is 0.276 e. The van der Waals surface area contributed by atoms with Crippen LogP contribution in [0.2, 0.25) is 5.02 Å². The van der Waals surface area contributed by atoms with Gasteiger partial charge in [-0.05, 0) is 40.9 Å². The maximum atomic E-state index is 12.8. The Hall–Kier alpha value is -3.17. The number of nitrogens with zero attached hydrogens (tertiary/aromatic N) is 3. The molecule has 4 rings (SSSR count). The van der Waals surface area contributed by atoms with E-state index >= 15 is 0 Å². The molecule has 2 heterocycles. The molecule has 10 heteroatoms. The van der Waals surface area contributed by atoms with E-state index in [0.29, 0.717) is 23.1 Å². The topological polar surface area (TPSA) is 93.7 Å². The van der Waals surface area contributed by atoms with Crippen molar-refractivity contribution in [2.24, 2.45) is 0 Å². The summed E-state index contributed by atoms with van der Waals surface area (Å²) in [4.78, 5) is 26.8. The number of carbonyl (C=O) groups is 2. The zero-order valence-electron chi connectivity index (χ0n) is 15.7. The van der Waals surface area contributed by atoms with Gasteiger partial charge in [0.15, 0.2) is 17.2 Å². The predicted molar refractivity (Wildman–Crippen MR) is 111 cm³/mol. The van der Waals surface area contributed by atoms with E-state index in [0.717, 1.165) is 22.7 Å². The summed E-state index contributed by atoms with van der Waals surface area (Å²) in [5, 5.41) is 8.72. The number of fused-ring (bicyclic) bond motifs is 1. The van der Waals surface area contributed by atoms with E-state index in [1.165, 1.54) is 4.90 Å². The summed E-state index contributed by atoms with van der Waals surface area (Å²) < 4.78 is 14.4. The lowest BCUT2D eigenvalue weighted by Crippen LogP contribution is -2.40. The quantitative estimate of drug-likeness (QED) is 0.602. The molecule has 2 aromatic carbocycles. The van der Waals surface area contributed by atoms with E-state index in [1.54, 1.807) is 23.6 Å². The highest BCUT2D eigenvalue weighted by atomic mass is 35.5. The Bertz CT molecular complexity index is 1060. The lowest BCUT2D eigenvalue weighted by molar-refractivity contribution is -0.122. The Morgan fingerprint density at radius 2 is 2.00 bits per heavy atom. The smallest absolute Gasteiger partial charge is 0.276 e. The predicted octanol–water partition coefficient (Wildman–Crippen LogP) is 2.88. The summed E-state index contributed by atoms with van der Waals surface area (Å²) in [6.45, 7) is 0.511. The van der Waals surface area contributed by atoms with Crippen molar-refractivity contribution < 1.29 is 19.1 Å². The maximum absolute atomic E-state index is 12.8. The Morgan fingerprint density at radius 1 is 1.17 bits per heavy atom. The van der Waals surface area contributed by atoms with Crippen LogP contribution in [0.5, 0.6) is 11.5 Å². The van der Waals surface area contributed by atoms with Crippen LogP contribution in [0.15, 0.2) is 47.8 Å². The Balaban J connectivity index is 1.43. The fraction of sp³-hybridized carbons (Fsp3) is 0.200. The second-order valence-corrected chi connectivity index (χ2v) is 7.52. The van der Waals surface area contributed by atoms with Crippen LogP contribution >= 0.6 is 23.1 Å². The van der Waals surface area contributed by atoms with Gasteiger partial charge in [-0.1, -0.05) is 40.4 Å². The van der Waals surface area contributed by atoms with Crippen LogP contribution in [0.3, 0.4) is 0 Å². The molecule has 1 aliphatic heterocycles. The fourth-order valence-electron chi connectivity index (χ4n) is 2.93. The number of hydrogen-bond acceptors (Lipinski definition) is 7. The minimum Gasteiger partial charge on any atom is -0.454 e. The molecule has 0 aliphatic carbocycles. The SMILES string of the molecule is O=C(CN(Cc1ccccc1Cl)C(=O)c1csnn1)NCc1ccc2c(c1)OCO2. The molecule has 0 fully saturated rings. The molecular weight excluding hydrogens is 428 g/mol. The first-order valence-electron chi connectivity index (χ1n) is 9.05. The number of rotatable bonds is 7. The van der Waals surface area contributed by atoms with Crippen molar-refractivity contribution >= 4 is 34.9 Å². The number of carbonyl (C=O) groups excluding carboxylic acids is 2. The zero-order valence-corrected chi connectivity index (χ0v) is 17.3. The first-order valence-corrected chi connectivity index (χ1v) is 10.3. The second kappa shape index (κ2) is 9.10. The van der Waals surface area contributed by atoms with E-state index in [2.05, 4.69) is 14.9 Å². The van der Waals surface area contributed by atoms with Gasteiger partial charge in [0.1, 0.15) is 6.54 Å². The molecule has 2 amide bonds. The molecule has 1 N–H and O–H groups in total. The van der Waals surface area contributed by atoms with Crippen molar-refractivity contribution in [3.63, 3.8) is 0 Å². The number of ether oxygens (including phenoxy) is 2. The molecule has 1 aliphatic rings. The first kappa shape index (κ1) is 20.1. The third-order valence-electron chi connectivity index (χ3n) is 4.45. The van der Waals surface area contributed by atoms with Crippen LogP contribution in [0.4, 0.5) is 0 Å². The number of nitrogens with one attached hydrogen (secondary N) is 1. The molecule has 3 aromatic rings. The molecule has 30 heavy (non-hydrogen) atoms. The zero-order chi connectivity index (χ0) is 20.9. The van der Waals surface area contributed by atoms with Gasteiger partial charge in [-0.2, -0.15) is 0 Å². The van der Waals surface area contributed by atoms with Crippen molar-refractivity contribution in [2.45, 2.75) is 13.1 Å². The van der Waals surface area contributed by atoms with E-state index in [9.17, 15) is 9.59 Å². The summed E-state index contributed by atoms with van der Waals surface area (Å²) in [6, 6.07) is 12.6. The second-order valence-electron chi connectivity index (χ2n) is 6.51. The van der Waals surface area contributed by atoms with Crippen molar-refractivity contribution in [3.05, 3.63) is 69.7 Å². The fourth-order valence-corrected chi connectivity index (χ4v) is 3.56. The highest BCUT2D eigenvalue weighted by Crippen LogP contribution is 2.32. The average molecular weight is 445 g/mol. The van der Waals surface area contributed by atoms with Crippen molar-refractivity contribution in [3.8, 4) is 11.5 Å². The molecule has 8 nitrogen and oxygen atoms in total. The molecule has 0 saturated heterocycles. The van der Waals surface area contributed by atoms with Crippen LogP contribution in [0, 0.1) is 0 Å². The van der Waals surface area contributed by atoms with Crippen LogP contribution in [0.25, 0.3) is 0 Å². The monoisotopic (exact) mass is 444 g/mol. The van der Waals surface area contributed by atoms with Gasteiger partial charge in [0.25, 0.3) is 5.91 Å². The van der Waals surface area contributed by atoms with Crippen molar-refractivity contribution in [1.82, 2.24) is 19.8 Å². The molecule has 0 unspecified atom stereocenters. The number of benzene rings is 2. The summed E-state index contributed by atoms with van der Waals surface area (Å²) in [7, 11) is 0. The highest BCUT2D eigenvalue weighted by Gasteiger charge is 2.22. The highest BCUT2D eigenvalue weighted by molar-refractivity contribution is 7.03. The molecule has 0 spiro atoms. The van der Waals surface area contributed by atoms with Gasteiger partial charge in [-0.25, -0.2) is 0 Å². The van der Waals surface area contributed by atoms with E-state index in [4.69, 9.17) is 21.1 Å². The van der Waals surface area contributed by atoms with Gasteiger partial charge in [-0.3, -0.25) is 9.59 Å². The normalized spacial score (nSPS) is 11.9. The molecule has 0 radical (unpaired) electrons. The number of amides is 2. The molecule has 0 bridgehead atoms. The summed E-state index contributed by atoms with van der Waals surface area (Å²) in [5.74, 6) is 0.630. The first-order chi connectivity index (χ1) is 14.6. The summed E-state index contributed by atoms with van der Waals surface area (Å²) in [6.07, 6.45) is 0. The summed E-state index contributed by atoms with van der Waals surface area (Å²) in [5.41, 5.74) is 1.79. The number of aromatic nitrogens is 2. The lowest BCUT2D eigenvalue weighted by atomic mass is 10.2. The van der Waals surface area contributed by atoms with Gasteiger partial charge in [0, 0.05) is 23.5 Å². The third kappa shape index (κ3) is 4.69. The Kier molecular flexibility index (Phi) is 6.10. The molecular formula is C20H17ClN4O4S. The molecule has 1 aromatic heterocycles. The van der Waals surface area contributed by atoms with Crippen LogP contribution in [0.1, 0.15) is 21.6 Å². The van der Waals surface area contributed by atoms with Crippen molar-refractivity contribution in [2.75, 3.05) is 13.3 Å². The Labute approximate surface area is 181 Å². The average Bonchev–Trinajstić information content (AvgIpc) is 3.44. The third-order valence-corrected chi connectivity index (χ3v) is 5.32. The minimum atomic E-state index is -0.387. The van der Waals surface area contributed by atoms with Crippen LogP contribution < -0.4 is 14.8 Å². The van der Waals surface area contributed by atoms with Gasteiger partial charge in [0.05, 0.1) is 0 Å². The van der Waals surface area contributed by atoms with Crippen LogP contribution in [-0.4, -0.2) is 39.6 Å². The standard InChI is InChI=1S/C20H17ClN4O4S/c21-15-4-2-1-3-14(15)9-25(20(27)16-11-30-24-23-16)10-19(26)22-8-13-5-6-17-18(7-13)29-12-28-17/h1-7,11H,8-10,12H2,(H,22,26). The number of hydrogen-bond donors (Lipinski definition) is 1. The van der Waals surface area contributed by atoms with E-state index in [1.807, 2.05) is 24.3 Å². The molecule has 0 atom stereocenters. The van der Waals surface area contributed by atoms with E-state index in [-0.39, 0.29) is 37.4 Å². The van der Waals surface area contributed by atoms with E-state index < -0.39 is 0 Å². The minimum absolute atomic E-state index is 0.147. The summed E-state index contributed by atoms with van der Waals surface area (Å²) >= 11 is 7.31. The van der Waals surface area contributed by atoms with Gasteiger partial charge < -0.3 is 19.7 Å². The lowest BCUT2D eigenvalue weighted by Gasteiger charge is -2.22. The van der Waals surface area contributed by atoms with Gasteiger partial charge in [-0.15, -0.1) is 5.10 Å². The molecule has 154 valence electrons. The van der Waals surface area contributed by atoms with Gasteiger partial charge >= 0.3 is 0 Å². The van der Waals surface area contributed by atoms with Crippen molar-refractivity contribution in [1.29, 1.82) is 0 Å². The Morgan fingerprint density at radius 3 is 2.80 bits per heavy atom. The van der Waals surface area contributed by atoms with Gasteiger partial charge in [0.2, 0.25) is 12.7 Å². The largest absolute Gasteiger partial charge is 0.454 e. The van der Waals surface area contributed by atoms with Crippen LogP contribution in [-0.2, 0) is 17.9 Å². The number of halogens is 1.